The SMILES string of the molecule is CC(C)(C)c1c(O)ccc(C(=O)c2ccccc2)c1C(=O)c1ccccc1. The quantitative estimate of drug-likeness (QED) is 0.656. The fourth-order valence-electron chi connectivity index (χ4n) is 3.25. The maximum atomic E-state index is 13.4. The zero-order valence-electron chi connectivity index (χ0n) is 15.7. The van der Waals surface area contributed by atoms with Crippen LogP contribution in [0.2, 0.25) is 0 Å². The summed E-state index contributed by atoms with van der Waals surface area (Å²) in [5, 5.41) is 10.5. The minimum Gasteiger partial charge on any atom is -0.508 e. The summed E-state index contributed by atoms with van der Waals surface area (Å²) in [5.41, 5.74) is 1.52. The molecule has 0 aliphatic heterocycles. The Labute approximate surface area is 159 Å². The highest BCUT2D eigenvalue weighted by molar-refractivity contribution is 6.20. The first kappa shape index (κ1) is 18.6. The summed E-state index contributed by atoms with van der Waals surface area (Å²) >= 11 is 0. The predicted octanol–water partition coefficient (Wildman–Crippen LogP) is 5.15. The van der Waals surface area contributed by atoms with Gasteiger partial charge in [-0.25, -0.2) is 0 Å². The highest BCUT2D eigenvalue weighted by atomic mass is 16.3. The van der Waals surface area contributed by atoms with Crippen molar-refractivity contribution in [1.82, 2.24) is 0 Å². The van der Waals surface area contributed by atoms with Gasteiger partial charge in [0.2, 0.25) is 0 Å². The van der Waals surface area contributed by atoms with Crippen LogP contribution in [0.5, 0.6) is 5.75 Å². The van der Waals surface area contributed by atoms with E-state index in [1.54, 1.807) is 48.5 Å². The molecule has 27 heavy (non-hydrogen) atoms. The standard InChI is InChI=1S/C24H22O3/c1-24(2,3)21-19(25)15-14-18(22(26)16-10-6-4-7-11-16)20(21)23(27)17-12-8-5-9-13-17/h4-15,25H,1-3H3. The first-order chi connectivity index (χ1) is 12.8. The summed E-state index contributed by atoms with van der Waals surface area (Å²) in [4.78, 5) is 26.5. The van der Waals surface area contributed by atoms with Crippen molar-refractivity contribution >= 4 is 11.6 Å². The number of hydrogen-bond donors (Lipinski definition) is 1. The number of phenols is 1. The second kappa shape index (κ2) is 7.20. The summed E-state index contributed by atoms with van der Waals surface area (Å²) in [6.45, 7) is 5.75. The molecule has 3 aromatic rings. The lowest BCUT2D eigenvalue weighted by atomic mass is 9.78. The third-order valence-corrected chi connectivity index (χ3v) is 4.48. The Hall–Kier alpha value is -3.20. The molecule has 0 atom stereocenters. The minimum absolute atomic E-state index is 0.0198. The molecule has 3 nitrogen and oxygen atoms in total. The molecular weight excluding hydrogens is 336 g/mol. The Morgan fingerprint density at radius 1 is 0.704 bits per heavy atom. The Bertz CT molecular complexity index is 981. The van der Waals surface area contributed by atoms with Crippen molar-refractivity contribution in [2.45, 2.75) is 26.2 Å². The molecule has 0 aliphatic carbocycles. The fraction of sp³-hybridized carbons (Fsp3) is 0.167. The van der Waals surface area contributed by atoms with E-state index < -0.39 is 5.41 Å². The van der Waals surface area contributed by atoms with Gasteiger partial charge in [-0.1, -0.05) is 81.4 Å². The second-order valence-electron chi connectivity index (χ2n) is 7.52. The molecule has 0 saturated heterocycles. The van der Waals surface area contributed by atoms with Crippen LogP contribution in [-0.4, -0.2) is 16.7 Å². The number of ketones is 2. The molecule has 0 radical (unpaired) electrons. The van der Waals surface area contributed by atoms with Crippen LogP contribution in [0.4, 0.5) is 0 Å². The summed E-state index contributed by atoms with van der Waals surface area (Å²) in [6, 6.07) is 20.7. The van der Waals surface area contributed by atoms with E-state index in [0.29, 0.717) is 22.3 Å². The molecule has 3 aromatic carbocycles. The highest BCUT2D eigenvalue weighted by Crippen LogP contribution is 2.37. The minimum atomic E-state index is -0.517. The van der Waals surface area contributed by atoms with Gasteiger partial charge in [0.25, 0.3) is 0 Å². The maximum absolute atomic E-state index is 13.4. The van der Waals surface area contributed by atoms with Crippen LogP contribution < -0.4 is 0 Å². The predicted molar refractivity (Wildman–Crippen MR) is 107 cm³/mol. The van der Waals surface area contributed by atoms with Crippen LogP contribution in [-0.2, 0) is 5.41 Å². The normalized spacial score (nSPS) is 11.2. The van der Waals surface area contributed by atoms with Crippen molar-refractivity contribution in [2.24, 2.45) is 0 Å². The van der Waals surface area contributed by atoms with E-state index in [-0.39, 0.29) is 22.9 Å². The highest BCUT2D eigenvalue weighted by Gasteiger charge is 2.30. The van der Waals surface area contributed by atoms with E-state index >= 15 is 0 Å². The number of phenolic OH excluding ortho intramolecular Hbond substituents is 1. The Morgan fingerprint density at radius 2 is 1.19 bits per heavy atom. The number of carbonyl (C=O) groups is 2. The molecule has 3 rings (SSSR count). The smallest absolute Gasteiger partial charge is 0.194 e. The lowest BCUT2D eigenvalue weighted by Gasteiger charge is -2.25. The van der Waals surface area contributed by atoms with Crippen LogP contribution >= 0.6 is 0 Å². The van der Waals surface area contributed by atoms with Crippen LogP contribution in [0.25, 0.3) is 0 Å². The van der Waals surface area contributed by atoms with Crippen molar-refractivity contribution < 1.29 is 14.7 Å². The molecule has 0 heterocycles. The van der Waals surface area contributed by atoms with Crippen molar-refractivity contribution in [1.29, 1.82) is 0 Å². The van der Waals surface area contributed by atoms with Crippen LogP contribution in [0.1, 0.15) is 58.2 Å². The average Bonchev–Trinajstić information content (AvgIpc) is 2.67. The molecular formula is C24H22O3. The van der Waals surface area contributed by atoms with E-state index in [1.165, 1.54) is 12.1 Å². The lowest BCUT2D eigenvalue weighted by Crippen LogP contribution is -2.21. The molecule has 136 valence electrons. The Morgan fingerprint density at radius 3 is 1.67 bits per heavy atom. The van der Waals surface area contributed by atoms with Gasteiger partial charge in [0.05, 0.1) is 0 Å². The average molecular weight is 358 g/mol. The van der Waals surface area contributed by atoms with E-state index in [1.807, 2.05) is 32.9 Å². The molecule has 0 unspecified atom stereocenters. The van der Waals surface area contributed by atoms with Gasteiger partial charge in [-0.2, -0.15) is 0 Å². The van der Waals surface area contributed by atoms with Crippen molar-refractivity contribution in [3.63, 3.8) is 0 Å². The van der Waals surface area contributed by atoms with Gasteiger partial charge >= 0.3 is 0 Å². The maximum Gasteiger partial charge on any atom is 0.194 e. The van der Waals surface area contributed by atoms with Gasteiger partial charge < -0.3 is 5.11 Å². The molecule has 1 N–H and O–H groups in total. The van der Waals surface area contributed by atoms with Crippen molar-refractivity contribution in [2.75, 3.05) is 0 Å². The number of benzene rings is 3. The van der Waals surface area contributed by atoms with Gasteiger partial charge in [-0.15, -0.1) is 0 Å². The number of aromatic hydroxyl groups is 1. The second-order valence-corrected chi connectivity index (χ2v) is 7.52. The summed E-state index contributed by atoms with van der Waals surface area (Å²) in [6.07, 6.45) is 0. The number of hydrogen-bond acceptors (Lipinski definition) is 3. The zero-order chi connectivity index (χ0) is 19.6. The lowest BCUT2D eigenvalue weighted by molar-refractivity contribution is 0.100. The largest absolute Gasteiger partial charge is 0.508 e. The topological polar surface area (TPSA) is 54.4 Å². The summed E-state index contributed by atoms with van der Waals surface area (Å²) in [7, 11) is 0. The first-order valence-corrected chi connectivity index (χ1v) is 8.86. The van der Waals surface area contributed by atoms with Gasteiger partial charge in [0.1, 0.15) is 5.75 Å². The van der Waals surface area contributed by atoms with E-state index in [9.17, 15) is 14.7 Å². The van der Waals surface area contributed by atoms with E-state index in [2.05, 4.69) is 0 Å². The van der Waals surface area contributed by atoms with Crippen LogP contribution in [0.15, 0.2) is 72.8 Å². The van der Waals surface area contributed by atoms with Crippen molar-refractivity contribution in [3.05, 3.63) is 101 Å². The van der Waals surface area contributed by atoms with Crippen LogP contribution in [0, 0.1) is 0 Å². The molecule has 3 heteroatoms. The number of rotatable bonds is 4. The fourth-order valence-corrected chi connectivity index (χ4v) is 3.25. The Kier molecular flexibility index (Phi) is 4.95. The zero-order valence-corrected chi connectivity index (χ0v) is 15.7. The summed E-state index contributed by atoms with van der Waals surface area (Å²) in [5.74, 6) is -0.484. The molecule has 0 fully saturated rings. The summed E-state index contributed by atoms with van der Waals surface area (Å²) < 4.78 is 0. The monoisotopic (exact) mass is 358 g/mol. The molecule has 0 aliphatic rings. The van der Waals surface area contributed by atoms with Crippen LogP contribution in [0.3, 0.4) is 0 Å². The van der Waals surface area contributed by atoms with E-state index in [4.69, 9.17) is 0 Å². The number of carbonyl (C=O) groups excluding carboxylic acids is 2. The Balaban J connectivity index is 2.29. The van der Waals surface area contributed by atoms with E-state index in [0.717, 1.165) is 0 Å². The molecule has 0 amide bonds. The van der Waals surface area contributed by atoms with Gasteiger partial charge in [-0.3, -0.25) is 9.59 Å². The molecule has 0 bridgehead atoms. The van der Waals surface area contributed by atoms with Gasteiger partial charge in [-0.05, 0) is 17.5 Å². The molecule has 0 spiro atoms. The van der Waals surface area contributed by atoms with Gasteiger partial charge in [0.15, 0.2) is 11.6 Å². The van der Waals surface area contributed by atoms with Crippen molar-refractivity contribution in [3.8, 4) is 5.75 Å². The van der Waals surface area contributed by atoms with Gasteiger partial charge in [0, 0.05) is 27.8 Å². The molecule has 0 aromatic heterocycles. The first-order valence-electron chi connectivity index (χ1n) is 8.86. The molecule has 0 saturated carbocycles. The third-order valence-electron chi connectivity index (χ3n) is 4.48. The third kappa shape index (κ3) is 3.68.